The first-order valence-electron chi connectivity index (χ1n) is 9.64. The number of rotatable bonds is 7. The fourth-order valence-corrected chi connectivity index (χ4v) is 4.05. The van der Waals surface area contributed by atoms with Crippen LogP contribution in [0.4, 0.5) is 0 Å². The molecule has 1 saturated carbocycles. The number of hydrogen-bond acceptors (Lipinski definition) is 4. The second kappa shape index (κ2) is 8.34. The molecule has 0 unspecified atom stereocenters. The number of piperidine rings is 1. The maximum Gasteiger partial charge on any atom is 0.288 e. The number of likely N-dealkylation sites (tertiary alicyclic amines) is 1. The van der Waals surface area contributed by atoms with Gasteiger partial charge in [0.05, 0.1) is 0 Å². The molecule has 0 spiro atoms. The molecular formula is C19H31NO4. The van der Waals surface area contributed by atoms with Crippen LogP contribution in [0.3, 0.4) is 0 Å². The van der Waals surface area contributed by atoms with Crippen LogP contribution in [0.5, 0.6) is 0 Å². The first-order valence-corrected chi connectivity index (χ1v) is 9.64. The summed E-state index contributed by atoms with van der Waals surface area (Å²) < 4.78 is 11.9. The van der Waals surface area contributed by atoms with E-state index in [1.165, 1.54) is 19.3 Å². The molecule has 3 rings (SSSR count). The molecule has 0 aromatic rings. The maximum atomic E-state index is 12.8. The van der Waals surface area contributed by atoms with E-state index in [2.05, 4.69) is 6.08 Å². The average Bonchev–Trinajstić information content (AvgIpc) is 3.45. The van der Waals surface area contributed by atoms with Gasteiger partial charge in [-0.3, -0.25) is 4.79 Å². The summed E-state index contributed by atoms with van der Waals surface area (Å²) in [6.07, 6.45) is 9.17. The predicted molar refractivity (Wildman–Crippen MR) is 91.0 cm³/mol. The van der Waals surface area contributed by atoms with Gasteiger partial charge in [-0.1, -0.05) is 0 Å². The SMILES string of the molecule is CCO[C@@H]1OC(C(=O)N2CCCCC2)=C[C@H](C2CC2)[C@@H]1CCCO. The van der Waals surface area contributed by atoms with Gasteiger partial charge in [0.1, 0.15) is 0 Å². The van der Waals surface area contributed by atoms with Crippen molar-refractivity contribution in [1.29, 1.82) is 0 Å². The third-order valence-electron chi connectivity index (χ3n) is 5.48. The van der Waals surface area contributed by atoms with Crippen LogP contribution in [0.2, 0.25) is 0 Å². The van der Waals surface area contributed by atoms with Crippen molar-refractivity contribution in [2.45, 2.75) is 58.2 Å². The van der Waals surface area contributed by atoms with E-state index >= 15 is 0 Å². The van der Waals surface area contributed by atoms with E-state index in [1.54, 1.807) is 0 Å². The zero-order valence-corrected chi connectivity index (χ0v) is 14.8. The summed E-state index contributed by atoms with van der Waals surface area (Å²) in [4.78, 5) is 14.8. The number of carbonyl (C=O) groups excluding carboxylic acids is 1. The molecule has 2 fully saturated rings. The number of nitrogens with zero attached hydrogens (tertiary/aromatic N) is 1. The highest BCUT2D eigenvalue weighted by Crippen LogP contribution is 2.47. The molecule has 0 aromatic carbocycles. The summed E-state index contributed by atoms with van der Waals surface area (Å²) in [6, 6.07) is 0. The van der Waals surface area contributed by atoms with E-state index in [-0.39, 0.29) is 24.7 Å². The largest absolute Gasteiger partial charge is 0.459 e. The van der Waals surface area contributed by atoms with Crippen molar-refractivity contribution in [3.8, 4) is 0 Å². The Balaban J connectivity index is 1.76. The monoisotopic (exact) mass is 337 g/mol. The molecule has 1 saturated heterocycles. The smallest absolute Gasteiger partial charge is 0.288 e. The van der Waals surface area contributed by atoms with Crippen LogP contribution >= 0.6 is 0 Å². The minimum atomic E-state index is -0.360. The lowest BCUT2D eigenvalue weighted by atomic mass is 9.82. The molecule has 0 aromatic heterocycles. The quantitative estimate of drug-likeness (QED) is 0.776. The van der Waals surface area contributed by atoms with Gasteiger partial charge in [-0.25, -0.2) is 0 Å². The lowest BCUT2D eigenvalue weighted by Gasteiger charge is -2.38. The highest BCUT2D eigenvalue weighted by atomic mass is 16.7. The Kier molecular flexibility index (Phi) is 6.17. The van der Waals surface area contributed by atoms with E-state index in [0.717, 1.165) is 38.8 Å². The fraction of sp³-hybridized carbons (Fsp3) is 0.842. The van der Waals surface area contributed by atoms with Crippen molar-refractivity contribution >= 4 is 5.91 Å². The first-order chi connectivity index (χ1) is 11.7. The van der Waals surface area contributed by atoms with Crippen molar-refractivity contribution in [3.63, 3.8) is 0 Å². The molecule has 24 heavy (non-hydrogen) atoms. The summed E-state index contributed by atoms with van der Waals surface area (Å²) in [5.74, 6) is 1.75. The lowest BCUT2D eigenvalue weighted by Crippen LogP contribution is -2.43. The summed E-state index contributed by atoms with van der Waals surface area (Å²) in [7, 11) is 0. The Labute approximate surface area is 145 Å². The van der Waals surface area contributed by atoms with Gasteiger partial charge in [0.15, 0.2) is 5.76 Å². The van der Waals surface area contributed by atoms with Crippen LogP contribution in [0, 0.1) is 17.8 Å². The number of hydrogen-bond donors (Lipinski definition) is 1. The normalized spacial score (nSPS) is 30.7. The molecule has 136 valence electrons. The van der Waals surface area contributed by atoms with Gasteiger partial charge in [-0.2, -0.15) is 0 Å². The maximum absolute atomic E-state index is 12.8. The molecule has 0 radical (unpaired) electrons. The minimum Gasteiger partial charge on any atom is -0.459 e. The van der Waals surface area contributed by atoms with E-state index in [9.17, 15) is 9.90 Å². The van der Waals surface area contributed by atoms with Gasteiger partial charge in [0.2, 0.25) is 6.29 Å². The molecular weight excluding hydrogens is 306 g/mol. The van der Waals surface area contributed by atoms with Gasteiger partial charge in [0.25, 0.3) is 5.91 Å². The van der Waals surface area contributed by atoms with Crippen LogP contribution in [-0.4, -0.2) is 48.5 Å². The summed E-state index contributed by atoms with van der Waals surface area (Å²) in [5, 5.41) is 9.21. The second-order valence-corrected chi connectivity index (χ2v) is 7.27. The van der Waals surface area contributed by atoms with Crippen LogP contribution in [-0.2, 0) is 14.3 Å². The second-order valence-electron chi connectivity index (χ2n) is 7.27. The number of amides is 1. The van der Waals surface area contributed by atoms with Crippen LogP contribution in [0.1, 0.15) is 51.9 Å². The number of allylic oxidation sites excluding steroid dienone is 1. The Morgan fingerprint density at radius 3 is 2.71 bits per heavy atom. The minimum absolute atomic E-state index is 0.0330. The van der Waals surface area contributed by atoms with E-state index < -0.39 is 0 Å². The first kappa shape index (κ1) is 17.7. The molecule has 2 aliphatic heterocycles. The van der Waals surface area contributed by atoms with Crippen LogP contribution in [0.15, 0.2) is 11.8 Å². The molecule has 3 aliphatic rings. The zero-order valence-electron chi connectivity index (χ0n) is 14.8. The van der Waals surface area contributed by atoms with Crippen LogP contribution in [0.25, 0.3) is 0 Å². The molecule has 5 heteroatoms. The standard InChI is InChI=1S/C19H31NO4/c1-2-23-19-15(7-6-12-21)16(14-8-9-14)13-17(24-19)18(22)20-10-4-3-5-11-20/h13-16,19,21H,2-12H2,1H3/t15-,16+,19+/m0/s1. The number of aliphatic hydroxyl groups is 1. The Morgan fingerprint density at radius 1 is 1.33 bits per heavy atom. The number of ether oxygens (including phenoxy) is 2. The molecule has 5 nitrogen and oxygen atoms in total. The third-order valence-corrected chi connectivity index (χ3v) is 5.48. The summed E-state index contributed by atoms with van der Waals surface area (Å²) in [5.41, 5.74) is 0. The molecule has 1 amide bonds. The Hall–Kier alpha value is -1.07. The van der Waals surface area contributed by atoms with Crippen molar-refractivity contribution in [3.05, 3.63) is 11.8 Å². The lowest BCUT2D eigenvalue weighted by molar-refractivity contribution is -0.177. The van der Waals surface area contributed by atoms with E-state index in [0.29, 0.717) is 24.2 Å². The van der Waals surface area contributed by atoms with Crippen molar-refractivity contribution < 1.29 is 19.4 Å². The predicted octanol–water partition coefficient (Wildman–Crippen LogP) is 2.69. The van der Waals surface area contributed by atoms with Gasteiger partial charge in [-0.15, -0.1) is 0 Å². The topological polar surface area (TPSA) is 59.0 Å². The van der Waals surface area contributed by atoms with Crippen molar-refractivity contribution in [1.82, 2.24) is 4.90 Å². The summed E-state index contributed by atoms with van der Waals surface area (Å²) >= 11 is 0. The van der Waals surface area contributed by atoms with E-state index in [1.807, 2.05) is 11.8 Å². The van der Waals surface area contributed by atoms with Crippen LogP contribution < -0.4 is 0 Å². The van der Waals surface area contributed by atoms with Crippen molar-refractivity contribution in [2.75, 3.05) is 26.3 Å². The van der Waals surface area contributed by atoms with Crippen molar-refractivity contribution in [2.24, 2.45) is 17.8 Å². The molecule has 1 N–H and O–H groups in total. The highest BCUT2D eigenvalue weighted by molar-refractivity contribution is 5.91. The van der Waals surface area contributed by atoms with Gasteiger partial charge < -0.3 is 19.5 Å². The fourth-order valence-electron chi connectivity index (χ4n) is 4.05. The van der Waals surface area contributed by atoms with Gasteiger partial charge in [-0.05, 0) is 69.8 Å². The average molecular weight is 337 g/mol. The third kappa shape index (κ3) is 4.12. The zero-order chi connectivity index (χ0) is 16.9. The summed E-state index contributed by atoms with van der Waals surface area (Å²) in [6.45, 7) is 4.39. The van der Waals surface area contributed by atoms with Gasteiger partial charge >= 0.3 is 0 Å². The molecule has 1 aliphatic carbocycles. The molecule has 0 bridgehead atoms. The van der Waals surface area contributed by atoms with Gasteiger partial charge in [0, 0.05) is 32.2 Å². The Morgan fingerprint density at radius 2 is 2.08 bits per heavy atom. The van der Waals surface area contributed by atoms with E-state index in [4.69, 9.17) is 9.47 Å². The number of aliphatic hydroxyl groups excluding tert-OH is 1. The number of carbonyl (C=O) groups is 1. The molecule has 2 heterocycles. The Bertz CT molecular complexity index is 454. The highest BCUT2D eigenvalue weighted by Gasteiger charge is 2.44. The molecule has 3 atom stereocenters.